The van der Waals surface area contributed by atoms with Gasteiger partial charge in [-0.1, -0.05) is 6.42 Å². The molecule has 1 aromatic carbocycles. The third kappa shape index (κ3) is 3.62. The molecule has 1 aliphatic heterocycles. The molecular weight excluding hydrogens is 247 g/mol. The molecule has 100 valence electrons. The van der Waals surface area contributed by atoms with Crippen LogP contribution < -0.4 is 5.73 Å². The first kappa shape index (κ1) is 13.7. The maximum atomic E-state index is 13.1. The SMILES string of the molecule is CN1CCCCC1CCSc1cc(F)ccc1N. The number of nitrogens with two attached hydrogens (primary N) is 1. The predicted molar refractivity (Wildman–Crippen MR) is 76.4 cm³/mol. The normalized spacial score (nSPS) is 21.1. The van der Waals surface area contributed by atoms with Crippen molar-refractivity contribution >= 4 is 17.4 Å². The molecule has 0 aliphatic carbocycles. The number of piperidine rings is 1. The van der Waals surface area contributed by atoms with Crippen LogP contribution in [0.4, 0.5) is 10.1 Å². The van der Waals surface area contributed by atoms with Crippen LogP contribution in [0.1, 0.15) is 25.7 Å². The molecular formula is C14H21FN2S. The van der Waals surface area contributed by atoms with Gasteiger partial charge in [-0.2, -0.15) is 0 Å². The first-order chi connectivity index (χ1) is 8.66. The summed E-state index contributed by atoms with van der Waals surface area (Å²) in [6, 6.07) is 5.27. The molecule has 0 spiro atoms. The van der Waals surface area contributed by atoms with Crippen LogP contribution in [0, 0.1) is 5.82 Å². The molecule has 1 aliphatic rings. The Kier molecular flexibility index (Phi) is 4.89. The summed E-state index contributed by atoms with van der Waals surface area (Å²) in [6.45, 7) is 1.21. The van der Waals surface area contributed by atoms with Crippen molar-refractivity contribution in [2.75, 3.05) is 25.1 Å². The molecule has 4 heteroatoms. The zero-order valence-electron chi connectivity index (χ0n) is 10.9. The summed E-state index contributed by atoms with van der Waals surface area (Å²) in [5, 5.41) is 0. The molecule has 0 radical (unpaired) electrons. The van der Waals surface area contributed by atoms with Crippen LogP contribution in [0.25, 0.3) is 0 Å². The van der Waals surface area contributed by atoms with Crippen LogP contribution in [0.2, 0.25) is 0 Å². The van der Waals surface area contributed by atoms with E-state index in [9.17, 15) is 4.39 Å². The number of halogens is 1. The maximum absolute atomic E-state index is 13.1. The average molecular weight is 268 g/mol. The fourth-order valence-electron chi connectivity index (χ4n) is 2.45. The molecule has 18 heavy (non-hydrogen) atoms. The Morgan fingerprint density at radius 3 is 3.06 bits per heavy atom. The van der Waals surface area contributed by atoms with E-state index in [2.05, 4.69) is 11.9 Å². The minimum absolute atomic E-state index is 0.207. The summed E-state index contributed by atoms with van der Waals surface area (Å²) in [5.41, 5.74) is 6.52. The highest BCUT2D eigenvalue weighted by Crippen LogP contribution is 2.28. The zero-order chi connectivity index (χ0) is 13.0. The summed E-state index contributed by atoms with van der Waals surface area (Å²) in [7, 11) is 2.20. The van der Waals surface area contributed by atoms with E-state index in [1.807, 2.05) is 0 Å². The Balaban J connectivity index is 1.82. The van der Waals surface area contributed by atoms with Crippen molar-refractivity contribution in [1.29, 1.82) is 0 Å². The molecule has 1 unspecified atom stereocenters. The van der Waals surface area contributed by atoms with E-state index < -0.39 is 0 Å². The molecule has 2 rings (SSSR count). The minimum Gasteiger partial charge on any atom is -0.398 e. The number of thioether (sulfide) groups is 1. The second kappa shape index (κ2) is 6.43. The van der Waals surface area contributed by atoms with Crippen molar-refractivity contribution in [2.45, 2.75) is 36.6 Å². The van der Waals surface area contributed by atoms with E-state index in [1.54, 1.807) is 17.8 Å². The molecule has 2 N–H and O–H groups in total. The van der Waals surface area contributed by atoms with Crippen LogP contribution >= 0.6 is 11.8 Å². The number of likely N-dealkylation sites (tertiary alicyclic amines) is 1. The van der Waals surface area contributed by atoms with Crippen LogP contribution in [0.5, 0.6) is 0 Å². The van der Waals surface area contributed by atoms with Crippen molar-refractivity contribution in [1.82, 2.24) is 4.90 Å². The van der Waals surface area contributed by atoms with Crippen molar-refractivity contribution < 1.29 is 4.39 Å². The Hall–Kier alpha value is -0.740. The monoisotopic (exact) mass is 268 g/mol. The lowest BCUT2D eigenvalue weighted by Gasteiger charge is -2.32. The summed E-state index contributed by atoms with van der Waals surface area (Å²) < 4.78 is 13.1. The van der Waals surface area contributed by atoms with Gasteiger partial charge in [0.25, 0.3) is 0 Å². The Labute approximate surface area is 113 Å². The highest BCUT2D eigenvalue weighted by atomic mass is 32.2. The second-order valence-corrected chi connectivity index (χ2v) is 6.09. The molecule has 1 saturated heterocycles. The van der Waals surface area contributed by atoms with Gasteiger partial charge in [0.05, 0.1) is 0 Å². The van der Waals surface area contributed by atoms with Crippen LogP contribution in [0.15, 0.2) is 23.1 Å². The molecule has 2 nitrogen and oxygen atoms in total. The zero-order valence-corrected chi connectivity index (χ0v) is 11.7. The van der Waals surface area contributed by atoms with Crippen LogP contribution in [-0.4, -0.2) is 30.3 Å². The number of anilines is 1. The number of nitrogens with zero attached hydrogens (tertiary/aromatic N) is 1. The molecule has 1 fully saturated rings. The van der Waals surface area contributed by atoms with E-state index in [4.69, 9.17) is 5.73 Å². The highest BCUT2D eigenvalue weighted by molar-refractivity contribution is 7.99. The van der Waals surface area contributed by atoms with E-state index in [-0.39, 0.29) is 5.82 Å². The van der Waals surface area contributed by atoms with E-state index >= 15 is 0 Å². The summed E-state index contributed by atoms with van der Waals surface area (Å²) in [6.07, 6.45) is 5.09. The van der Waals surface area contributed by atoms with Gasteiger partial charge in [0, 0.05) is 16.6 Å². The summed E-state index contributed by atoms with van der Waals surface area (Å²) in [5.74, 6) is 0.796. The summed E-state index contributed by atoms with van der Waals surface area (Å²) >= 11 is 1.67. The van der Waals surface area contributed by atoms with Crippen molar-refractivity contribution in [2.24, 2.45) is 0 Å². The third-order valence-electron chi connectivity index (χ3n) is 3.61. The first-order valence-electron chi connectivity index (χ1n) is 6.55. The highest BCUT2D eigenvalue weighted by Gasteiger charge is 2.18. The fraction of sp³-hybridized carbons (Fsp3) is 0.571. The number of hydrogen-bond donors (Lipinski definition) is 1. The second-order valence-electron chi connectivity index (χ2n) is 4.95. The Bertz CT molecular complexity index is 397. The summed E-state index contributed by atoms with van der Waals surface area (Å²) in [4.78, 5) is 3.31. The van der Waals surface area contributed by atoms with Gasteiger partial charge in [0.2, 0.25) is 0 Å². The molecule has 1 heterocycles. The van der Waals surface area contributed by atoms with Crippen molar-refractivity contribution in [3.63, 3.8) is 0 Å². The van der Waals surface area contributed by atoms with Gasteiger partial charge >= 0.3 is 0 Å². The fourth-order valence-corrected chi connectivity index (χ4v) is 3.49. The smallest absolute Gasteiger partial charge is 0.124 e. The topological polar surface area (TPSA) is 29.3 Å². The number of benzene rings is 1. The van der Waals surface area contributed by atoms with Gasteiger partial charge < -0.3 is 10.6 Å². The number of hydrogen-bond acceptors (Lipinski definition) is 3. The Morgan fingerprint density at radius 1 is 1.44 bits per heavy atom. The van der Waals surface area contributed by atoms with Crippen molar-refractivity contribution in [3.8, 4) is 0 Å². The predicted octanol–water partition coefficient (Wildman–Crippen LogP) is 3.37. The van der Waals surface area contributed by atoms with Gasteiger partial charge in [0.1, 0.15) is 5.82 Å². The third-order valence-corrected chi connectivity index (χ3v) is 4.71. The van der Waals surface area contributed by atoms with Gasteiger partial charge in [0.15, 0.2) is 0 Å². The number of nitrogen functional groups attached to an aromatic ring is 1. The molecule has 0 saturated carbocycles. The van der Waals surface area contributed by atoms with Gasteiger partial charge in [-0.25, -0.2) is 4.39 Å². The number of rotatable bonds is 4. The van der Waals surface area contributed by atoms with E-state index in [0.29, 0.717) is 11.7 Å². The van der Waals surface area contributed by atoms with Crippen molar-refractivity contribution in [3.05, 3.63) is 24.0 Å². The molecule has 1 atom stereocenters. The largest absolute Gasteiger partial charge is 0.398 e. The van der Waals surface area contributed by atoms with Gasteiger partial charge in [-0.3, -0.25) is 0 Å². The molecule has 1 aromatic rings. The molecule has 0 aromatic heterocycles. The maximum Gasteiger partial charge on any atom is 0.124 e. The standard InChI is InChI=1S/C14H21FN2S/c1-17-8-3-2-4-12(17)7-9-18-14-10-11(15)5-6-13(14)16/h5-6,10,12H,2-4,7-9,16H2,1H3. The van der Waals surface area contributed by atoms with E-state index in [1.165, 1.54) is 37.9 Å². The van der Waals surface area contributed by atoms with E-state index in [0.717, 1.165) is 17.1 Å². The Morgan fingerprint density at radius 2 is 2.28 bits per heavy atom. The van der Waals surface area contributed by atoms with Gasteiger partial charge in [-0.05, 0) is 56.8 Å². The molecule has 0 bridgehead atoms. The van der Waals surface area contributed by atoms with Crippen LogP contribution in [0.3, 0.4) is 0 Å². The minimum atomic E-state index is -0.207. The lowest BCUT2D eigenvalue weighted by molar-refractivity contribution is 0.182. The first-order valence-corrected chi connectivity index (χ1v) is 7.53. The van der Waals surface area contributed by atoms with Crippen LogP contribution in [-0.2, 0) is 0 Å². The van der Waals surface area contributed by atoms with Gasteiger partial charge in [-0.15, -0.1) is 11.8 Å². The average Bonchev–Trinajstić information content (AvgIpc) is 2.36. The lowest BCUT2D eigenvalue weighted by atomic mass is 10.0. The molecule has 0 amide bonds. The quantitative estimate of drug-likeness (QED) is 0.670. The lowest BCUT2D eigenvalue weighted by Crippen LogP contribution is -2.36.